The molecule has 0 spiro atoms. The van der Waals surface area contributed by atoms with Gasteiger partial charge in [0.25, 0.3) is 0 Å². The van der Waals surface area contributed by atoms with Crippen molar-refractivity contribution in [3.8, 4) is 0 Å². The highest BCUT2D eigenvalue weighted by atomic mass is 16.1. The summed E-state index contributed by atoms with van der Waals surface area (Å²) < 4.78 is 1.95. The zero-order valence-corrected chi connectivity index (χ0v) is 12.4. The zero-order valence-electron chi connectivity index (χ0n) is 12.4. The topological polar surface area (TPSA) is 86.4 Å². The Morgan fingerprint density at radius 3 is 2.50 bits per heavy atom. The van der Waals surface area contributed by atoms with Gasteiger partial charge in [0.1, 0.15) is 5.65 Å². The first-order chi connectivity index (χ1) is 9.20. The first-order valence-electron chi connectivity index (χ1n) is 6.74. The number of primary amides is 1. The van der Waals surface area contributed by atoms with Gasteiger partial charge in [0, 0.05) is 12.4 Å². The molecule has 0 aliphatic heterocycles. The maximum Gasteiger partial charge on any atom is 0.222 e. The number of carbonyl (C=O) groups is 1. The fourth-order valence-electron chi connectivity index (χ4n) is 2.05. The predicted octanol–water partition coefficient (Wildman–Crippen LogP) is 1.75. The second kappa shape index (κ2) is 4.90. The van der Waals surface area contributed by atoms with Gasteiger partial charge < -0.3 is 15.9 Å². The highest BCUT2D eigenvalue weighted by molar-refractivity contribution is 5.77. The van der Waals surface area contributed by atoms with Gasteiger partial charge in [0.2, 0.25) is 5.91 Å². The lowest BCUT2D eigenvalue weighted by atomic mass is 9.88. The average molecular weight is 274 g/mol. The van der Waals surface area contributed by atoms with Crippen LogP contribution in [0.25, 0.3) is 5.65 Å². The van der Waals surface area contributed by atoms with Crippen molar-refractivity contribution in [2.45, 2.75) is 39.2 Å². The number of nitrogens with two attached hydrogens (primary N) is 2. The number of aromatic nitrogens is 2. The molecular formula is C15H22N4O. The van der Waals surface area contributed by atoms with E-state index in [1.54, 1.807) is 6.92 Å². The maximum atomic E-state index is 11.2. The van der Waals surface area contributed by atoms with Crippen LogP contribution in [0.2, 0.25) is 0 Å². The summed E-state index contributed by atoms with van der Waals surface area (Å²) in [5.41, 5.74) is 14.1. The van der Waals surface area contributed by atoms with Gasteiger partial charge in [-0.1, -0.05) is 33.8 Å². The molecular weight excluding hydrogens is 252 g/mol. The number of fused-ring (bicyclic) bond motifs is 1. The summed E-state index contributed by atoms with van der Waals surface area (Å²) in [6, 6.07) is 3.55. The molecule has 108 valence electrons. The van der Waals surface area contributed by atoms with Crippen LogP contribution < -0.4 is 11.5 Å². The van der Waals surface area contributed by atoms with Crippen LogP contribution in [-0.2, 0) is 10.2 Å². The van der Waals surface area contributed by atoms with E-state index in [9.17, 15) is 4.79 Å². The smallest absolute Gasteiger partial charge is 0.222 e. The minimum atomic E-state index is -0.481. The van der Waals surface area contributed by atoms with Gasteiger partial charge >= 0.3 is 0 Å². The number of nitrogens with zero attached hydrogens (tertiary/aromatic N) is 2. The van der Waals surface area contributed by atoms with E-state index in [2.05, 4.69) is 31.8 Å². The number of pyridine rings is 1. The van der Waals surface area contributed by atoms with Gasteiger partial charge in [0.05, 0.1) is 17.7 Å². The van der Waals surface area contributed by atoms with E-state index in [4.69, 9.17) is 11.5 Å². The van der Waals surface area contributed by atoms with Crippen molar-refractivity contribution in [2.24, 2.45) is 17.4 Å². The lowest BCUT2D eigenvalue weighted by molar-refractivity contribution is -0.121. The van der Waals surface area contributed by atoms with E-state index in [0.29, 0.717) is 5.69 Å². The Kier molecular flexibility index (Phi) is 3.56. The monoisotopic (exact) mass is 274 g/mol. The Balaban J connectivity index is 2.41. The molecule has 1 amide bonds. The van der Waals surface area contributed by atoms with E-state index in [0.717, 1.165) is 5.65 Å². The number of hydrogen-bond donors (Lipinski definition) is 2. The molecule has 2 heterocycles. The van der Waals surface area contributed by atoms with E-state index >= 15 is 0 Å². The molecule has 0 aliphatic rings. The van der Waals surface area contributed by atoms with Gasteiger partial charge in [-0.2, -0.15) is 0 Å². The summed E-state index contributed by atoms with van der Waals surface area (Å²) in [7, 11) is 0. The highest BCUT2D eigenvalue weighted by Crippen LogP contribution is 2.24. The fraction of sp³-hybridized carbons (Fsp3) is 0.467. The van der Waals surface area contributed by atoms with Crippen molar-refractivity contribution in [2.75, 3.05) is 0 Å². The molecule has 0 bridgehead atoms. The first-order valence-corrected chi connectivity index (χ1v) is 6.74. The summed E-state index contributed by atoms with van der Waals surface area (Å²) in [4.78, 5) is 15.7. The van der Waals surface area contributed by atoms with E-state index in [1.807, 2.05) is 22.9 Å². The van der Waals surface area contributed by atoms with Gasteiger partial charge in [0.15, 0.2) is 0 Å². The van der Waals surface area contributed by atoms with Crippen LogP contribution in [0, 0.1) is 5.92 Å². The second-order valence-corrected chi connectivity index (χ2v) is 6.32. The van der Waals surface area contributed by atoms with Crippen LogP contribution in [0.4, 0.5) is 0 Å². The van der Waals surface area contributed by atoms with Crippen LogP contribution in [-0.4, -0.2) is 15.3 Å². The van der Waals surface area contributed by atoms with Gasteiger partial charge in [-0.3, -0.25) is 4.79 Å². The normalized spacial score (nSPS) is 15.2. The fourth-order valence-corrected chi connectivity index (χ4v) is 2.05. The molecule has 2 atom stereocenters. The number of imidazole rings is 1. The summed E-state index contributed by atoms with van der Waals surface area (Å²) >= 11 is 0. The molecule has 20 heavy (non-hydrogen) atoms. The second-order valence-electron chi connectivity index (χ2n) is 6.32. The third-order valence-electron chi connectivity index (χ3n) is 3.66. The maximum absolute atomic E-state index is 11.2. The average Bonchev–Trinajstić information content (AvgIpc) is 2.78. The van der Waals surface area contributed by atoms with Crippen molar-refractivity contribution in [1.82, 2.24) is 9.38 Å². The Labute approximate surface area is 119 Å². The third kappa shape index (κ3) is 2.67. The highest BCUT2D eigenvalue weighted by Gasteiger charge is 2.22. The van der Waals surface area contributed by atoms with Gasteiger partial charge in [-0.15, -0.1) is 0 Å². The van der Waals surface area contributed by atoms with Crippen molar-refractivity contribution in [3.63, 3.8) is 0 Å². The lowest BCUT2D eigenvalue weighted by Gasteiger charge is -2.18. The van der Waals surface area contributed by atoms with Crippen molar-refractivity contribution in [3.05, 3.63) is 35.8 Å². The number of rotatable bonds is 3. The molecule has 0 fully saturated rings. The minimum Gasteiger partial charge on any atom is -0.369 e. The van der Waals surface area contributed by atoms with Crippen LogP contribution >= 0.6 is 0 Å². The Hall–Kier alpha value is -1.88. The summed E-state index contributed by atoms with van der Waals surface area (Å²) in [6.45, 7) is 8.20. The molecule has 2 aromatic heterocycles. The molecule has 0 aromatic carbocycles. The van der Waals surface area contributed by atoms with Crippen LogP contribution in [0.15, 0.2) is 24.5 Å². The largest absolute Gasteiger partial charge is 0.369 e. The third-order valence-corrected chi connectivity index (χ3v) is 3.66. The van der Waals surface area contributed by atoms with E-state index in [1.165, 1.54) is 5.56 Å². The molecule has 2 aromatic rings. The number of hydrogen-bond acceptors (Lipinski definition) is 3. The molecule has 0 saturated heterocycles. The van der Waals surface area contributed by atoms with Crippen molar-refractivity contribution < 1.29 is 4.79 Å². The van der Waals surface area contributed by atoms with Crippen LogP contribution in [0.5, 0.6) is 0 Å². The molecule has 2 rings (SSSR count). The standard InChI is InChI=1S/C15H22N4O/c1-9(14(17)20)13(16)11-8-19-7-10(15(2,3)4)5-6-12(19)18-11/h5-9,13H,16H2,1-4H3,(H2,17,20). The SMILES string of the molecule is CC(C(N)=O)C(N)c1cn2cc(C(C)(C)C)ccc2n1. The van der Waals surface area contributed by atoms with Crippen LogP contribution in [0.3, 0.4) is 0 Å². The molecule has 0 saturated carbocycles. The van der Waals surface area contributed by atoms with Gasteiger partial charge in [-0.25, -0.2) is 4.98 Å². The van der Waals surface area contributed by atoms with Crippen molar-refractivity contribution in [1.29, 1.82) is 0 Å². The quantitative estimate of drug-likeness (QED) is 0.894. The molecule has 5 nitrogen and oxygen atoms in total. The number of amides is 1. The summed E-state index contributed by atoms with van der Waals surface area (Å²) in [5.74, 6) is -0.855. The van der Waals surface area contributed by atoms with Gasteiger partial charge in [-0.05, 0) is 17.0 Å². The molecule has 0 aliphatic carbocycles. The van der Waals surface area contributed by atoms with E-state index < -0.39 is 17.9 Å². The summed E-state index contributed by atoms with van der Waals surface area (Å²) in [6.07, 6.45) is 3.92. The van der Waals surface area contributed by atoms with Crippen molar-refractivity contribution >= 4 is 11.6 Å². The Morgan fingerprint density at radius 1 is 1.30 bits per heavy atom. The molecule has 4 N–H and O–H groups in total. The Morgan fingerprint density at radius 2 is 1.95 bits per heavy atom. The Bertz CT molecular complexity index is 639. The predicted molar refractivity (Wildman–Crippen MR) is 79.2 cm³/mol. The lowest BCUT2D eigenvalue weighted by Crippen LogP contribution is -2.31. The molecule has 5 heteroatoms. The summed E-state index contributed by atoms with van der Waals surface area (Å²) in [5, 5.41) is 0. The molecule has 0 radical (unpaired) electrons. The molecule has 2 unspecified atom stereocenters. The zero-order chi connectivity index (χ0) is 15.1. The number of carbonyl (C=O) groups excluding carboxylic acids is 1. The van der Waals surface area contributed by atoms with E-state index in [-0.39, 0.29) is 5.41 Å². The minimum absolute atomic E-state index is 0.0707. The van der Waals surface area contributed by atoms with Crippen LogP contribution in [0.1, 0.15) is 45.0 Å². The first kappa shape index (κ1) is 14.5.